The fourth-order valence-electron chi connectivity index (χ4n) is 0.689. The molecule has 13 heavy (non-hydrogen) atoms. The predicted molar refractivity (Wildman–Crippen MR) is 56.0 cm³/mol. The molecule has 0 bridgehead atoms. The van der Waals surface area contributed by atoms with Gasteiger partial charge in [-0.1, -0.05) is 11.8 Å². The van der Waals surface area contributed by atoms with Gasteiger partial charge in [0.1, 0.15) is 6.72 Å². The topological polar surface area (TPSA) is 41.5 Å². The molecule has 5 heteroatoms. The van der Waals surface area contributed by atoms with Gasteiger partial charge in [0.15, 0.2) is 0 Å². The van der Waals surface area contributed by atoms with Crippen molar-refractivity contribution in [1.82, 2.24) is 0 Å². The van der Waals surface area contributed by atoms with Gasteiger partial charge in [-0.2, -0.15) is 0 Å². The molecule has 0 aromatic rings. The van der Waals surface area contributed by atoms with Crippen LogP contribution in [0.3, 0.4) is 0 Å². The minimum Gasteiger partial charge on any atom is -0.780 e. The molecule has 0 heterocycles. The molecule has 0 aromatic heterocycles. The lowest BCUT2D eigenvalue weighted by molar-refractivity contribution is -0.222. The third-order valence-corrected chi connectivity index (χ3v) is 2.76. The summed E-state index contributed by atoms with van der Waals surface area (Å²) in [5, 5.41) is 0. The third kappa shape index (κ3) is 8.85. The van der Waals surface area contributed by atoms with E-state index in [1.807, 2.05) is 0 Å². The summed E-state index contributed by atoms with van der Waals surface area (Å²) in [6.45, 7) is 7.39. The zero-order valence-corrected chi connectivity index (χ0v) is 10.8. The fourth-order valence-corrected chi connectivity index (χ4v) is 3.41. The van der Waals surface area contributed by atoms with E-state index in [0.29, 0.717) is 0 Å². The zero-order valence-electron chi connectivity index (χ0n) is 9.08. The summed E-state index contributed by atoms with van der Waals surface area (Å²) in [5.74, 6) is 0. The second kappa shape index (κ2) is 3.95. The minimum absolute atomic E-state index is 0.539. The quantitative estimate of drug-likeness (QED) is 0.676. The smallest absolute Gasteiger partial charge is 0.116 e. The number of rotatable bonds is 2. The summed E-state index contributed by atoms with van der Waals surface area (Å²) in [6.07, 6.45) is 0. The molecular formula is C8H18O3PS-. The Kier molecular flexibility index (Phi) is 4.11. The number of hydrogen-bond donors (Lipinski definition) is 0. The van der Waals surface area contributed by atoms with Gasteiger partial charge in [-0.25, -0.2) is 0 Å². The Bertz CT molecular complexity index is 194. The van der Waals surface area contributed by atoms with Crippen LogP contribution in [0.5, 0.6) is 0 Å². The van der Waals surface area contributed by atoms with E-state index in [4.69, 9.17) is 20.9 Å². The van der Waals surface area contributed by atoms with E-state index in [-0.39, 0.29) is 0 Å². The van der Waals surface area contributed by atoms with Crippen LogP contribution in [0.15, 0.2) is 0 Å². The van der Waals surface area contributed by atoms with E-state index in [2.05, 4.69) is 0 Å². The molecule has 0 spiro atoms. The lowest BCUT2D eigenvalue weighted by Crippen LogP contribution is -2.27. The first-order chi connectivity index (χ1) is 5.41. The molecule has 0 aliphatic heterocycles. The van der Waals surface area contributed by atoms with Crippen LogP contribution in [0.1, 0.15) is 41.5 Å². The fraction of sp³-hybridized carbons (Fsp3) is 1.00. The van der Waals surface area contributed by atoms with Crippen molar-refractivity contribution in [3.63, 3.8) is 0 Å². The van der Waals surface area contributed by atoms with E-state index in [0.717, 1.165) is 0 Å². The first-order valence-electron chi connectivity index (χ1n) is 4.14. The van der Waals surface area contributed by atoms with Gasteiger partial charge in [0.25, 0.3) is 0 Å². The zero-order chi connectivity index (χ0) is 10.9. The SMILES string of the molecule is CC(C)(C)OP([O-])(=S)OC(C)(C)C. The first kappa shape index (κ1) is 13.5. The largest absolute Gasteiger partial charge is 0.780 e. The lowest BCUT2D eigenvalue weighted by Gasteiger charge is -2.38. The Morgan fingerprint density at radius 2 is 1.15 bits per heavy atom. The average Bonchev–Trinajstić information content (AvgIpc) is 1.43. The van der Waals surface area contributed by atoms with Crippen LogP contribution in [0.25, 0.3) is 0 Å². The van der Waals surface area contributed by atoms with E-state index in [1.165, 1.54) is 0 Å². The third-order valence-electron chi connectivity index (χ3n) is 0.771. The van der Waals surface area contributed by atoms with Gasteiger partial charge in [-0.15, -0.1) is 0 Å². The Labute approximate surface area is 85.7 Å². The van der Waals surface area contributed by atoms with Crippen LogP contribution in [-0.4, -0.2) is 11.2 Å². The molecule has 0 saturated heterocycles. The monoisotopic (exact) mass is 225 g/mol. The van der Waals surface area contributed by atoms with Crippen LogP contribution in [0.4, 0.5) is 0 Å². The Balaban J connectivity index is 4.35. The summed E-state index contributed by atoms with van der Waals surface area (Å²) in [7, 11) is 0. The molecule has 0 N–H and O–H groups in total. The highest BCUT2D eigenvalue weighted by Crippen LogP contribution is 2.46. The van der Waals surface area contributed by atoms with Crippen molar-refractivity contribution in [2.75, 3.05) is 0 Å². The van der Waals surface area contributed by atoms with E-state index >= 15 is 0 Å². The maximum absolute atomic E-state index is 11.6. The van der Waals surface area contributed by atoms with Crippen molar-refractivity contribution in [2.45, 2.75) is 52.7 Å². The molecule has 0 saturated carbocycles. The normalized spacial score (nSPS) is 14.7. The van der Waals surface area contributed by atoms with Gasteiger partial charge in [0.05, 0.1) is 11.2 Å². The first-order valence-corrected chi connectivity index (χ1v) is 6.69. The Morgan fingerprint density at radius 1 is 0.923 bits per heavy atom. The van der Waals surface area contributed by atoms with E-state index < -0.39 is 17.9 Å². The molecule has 80 valence electrons. The summed E-state index contributed by atoms with van der Waals surface area (Å²) in [4.78, 5) is 11.6. The molecule has 0 atom stereocenters. The number of hydrogen-bond acceptors (Lipinski definition) is 4. The van der Waals surface area contributed by atoms with Crippen LogP contribution in [-0.2, 0) is 20.9 Å². The van der Waals surface area contributed by atoms with Crippen molar-refractivity contribution >= 4 is 18.5 Å². The molecular weight excluding hydrogens is 207 g/mol. The lowest BCUT2D eigenvalue weighted by atomic mass is 10.2. The van der Waals surface area contributed by atoms with Gasteiger partial charge < -0.3 is 13.9 Å². The van der Waals surface area contributed by atoms with Gasteiger partial charge in [0, 0.05) is 0 Å². The molecule has 0 amide bonds. The average molecular weight is 225 g/mol. The van der Waals surface area contributed by atoms with Crippen LogP contribution >= 0.6 is 6.72 Å². The molecule has 0 rings (SSSR count). The van der Waals surface area contributed by atoms with Gasteiger partial charge in [-0.05, 0) is 41.5 Å². The van der Waals surface area contributed by atoms with Crippen molar-refractivity contribution in [3.05, 3.63) is 0 Å². The summed E-state index contributed by atoms with van der Waals surface area (Å²) in [5.41, 5.74) is -1.08. The molecule has 0 aliphatic carbocycles. The van der Waals surface area contributed by atoms with Crippen molar-refractivity contribution in [1.29, 1.82) is 0 Å². The van der Waals surface area contributed by atoms with Crippen molar-refractivity contribution in [2.24, 2.45) is 0 Å². The van der Waals surface area contributed by atoms with E-state index in [1.54, 1.807) is 41.5 Å². The van der Waals surface area contributed by atoms with Crippen LogP contribution in [0, 0.1) is 0 Å². The molecule has 3 nitrogen and oxygen atoms in total. The van der Waals surface area contributed by atoms with E-state index in [9.17, 15) is 4.89 Å². The van der Waals surface area contributed by atoms with Crippen molar-refractivity contribution in [3.8, 4) is 0 Å². The maximum Gasteiger partial charge on any atom is 0.116 e. The Hall–Kier alpha value is 0.530. The molecule has 0 fully saturated rings. The van der Waals surface area contributed by atoms with Gasteiger partial charge >= 0.3 is 0 Å². The van der Waals surface area contributed by atoms with Crippen LogP contribution in [0.2, 0.25) is 0 Å². The summed E-state index contributed by atoms with van der Waals surface area (Å²) in [6, 6.07) is 0. The highest BCUT2D eigenvalue weighted by Gasteiger charge is 2.22. The highest BCUT2D eigenvalue weighted by molar-refractivity contribution is 8.06. The molecule has 0 unspecified atom stereocenters. The summed E-state index contributed by atoms with van der Waals surface area (Å²) < 4.78 is 10.3. The molecule has 0 aromatic carbocycles. The van der Waals surface area contributed by atoms with Crippen molar-refractivity contribution < 1.29 is 13.9 Å². The second-order valence-corrected chi connectivity index (χ2v) is 7.46. The minimum atomic E-state index is -3.35. The molecule has 0 radical (unpaired) electrons. The summed E-state index contributed by atoms with van der Waals surface area (Å²) >= 11 is 4.75. The highest BCUT2D eigenvalue weighted by atomic mass is 32.5. The van der Waals surface area contributed by atoms with Gasteiger partial charge in [0.2, 0.25) is 0 Å². The standard InChI is InChI=1S/C8H19O3PS/c1-7(2,3)10-12(9,13)11-8(4,5)6/h1-6H3,(H,9,13)/p-1. The van der Waals surface area contributed by atoms with Gasteiger partial charge in [-0.3, -0.25) is 0 Å². The molecule has 0 aliphatic rings. The van der Waals surface area contributed by atoms with Crippen LogP contribution < -0.4 is 4.89 Å². The predicted octanol–water partition coefficient (Wildman–Crippen LogP) is 2.20. The second-order valence-electron chi connectivity index (χ2n) is 4.85. The maximum atomic E-state index is 11.6. The Morgan fingerprint density at radius 3 is 1.31 bits per heavy atom.